The summed E-state index contributed by atoms with van der Waals surface area (Å²) in [4.78, 5) is 12.0. The van der Waals surface area contributed by atoms with Crippen molar-refractivity contribution in [1.82, 2.24) is 5.43 Å². The lowest BCUT2D eigenvalue weighted by Crippen LogP contribution is -2.17. The van der Waals surface area contributed by atoms with Crippen LogP contribution < -0.4 is 10.2 Å². The van der Waals surface area contributed by atoms with Gasteiger partial charge < -0.3 is 4.74 Å². The summed E-state index contributed by atoms with van der Waals surface area (Å²) in [6.07, 6.45) is 1.55. The largest absolute Gasteiger partial charge is 0.489 e. The molecule has 4 nitrogen and oxygen atoms in total. The minimum atomic E-state index is -0.311. The first kappa shape index (κ1) is 19.0. The Hall–Kier alpha value is -2.82. The number of carbonyl (C=O) groups excluding carboxylic acids is 1. The Bertz CT molecular complexity index is 956. The summed E-state index contributed by atoms with van der Waals surface area (Å²) >= 11 is 11.9. The van der Waals surface area contributed by atoms with E-state index in [-0.39, 0.29) is 5.91 Å². The van der Waals surface area contributed by atoms with Crippen molar-refractivity contribution in [2.45, 2.75) is 6.61 Å². The van der Waals surface area contributed by atoms with Crippen molar-refractivity contribution in [3.8, 4) is 5.75 Å². The Balaban J connectivity index is 1.58. The van der Waals surface area contributed by atoms with E-state index in [2.05, 4.69) is 10.5 Å². The Morgan fingerprint density at radius 3 is 2.56 bits per heavy atom. The number of hydrogen-bond donors (Lipinski definition) is 1. The van der Waals surface area contributed by atoms with E-state index in [0.717, 1.165) is 11.1 Å². The van der Waals surface area contributed by atoms with E-state index < -0.39 is 0 Å². The average Bonchev–Trinajstić information content (AvgIpc) is 2.68. The van der Waals surface area contributed by atoms with Gasteiger partial charge in [-0.2, -0.15) is 5.10 Å². The van der Waals surface area contributed by atoms with Crippen LogP contribution in [0.15, 0.2) is 77.9 Å². The Kier molecular flexibility index (Phi) is 6.47. The van der Waals surface area contributed by atoms with Gasteiger partial charge in [0.15, 0.2) is 0 Å². The van der Waals surface area contributed by atoms with E-state index in [1.54, 1.807) is 30.5 Å². The summed E-state index contributed by atoms with van der Waals surface area (Å²) in [5, 5.41) is 5.22. The molecule has 6 heteroatoms. The van der Waals surface area contributed by atoms with Gasteiger partial charge in [-0.1, -0.05) is 53.5 Å². The fourth-order valence-electron chi connectivity index (χ4n) is 2.29. The molecule has 0 heterocycles. The van der Waals surface area contributed by atoms with E-state index in [0.29, 0.717) is 28.0 Å². The minimum Gasteiger partial charge on any atom is -0.489 e. The summed E-state index contributed by atoms with van der Waals surface area (Å²) in [5.74, 6) is 0.372. The molecule has 3 aromatic rings. The lowest BCUT2D eigenvalue weighted by Gasteiger charge is -2.08. The molecule has 0 radical (unpaired) electrons. The SMILES string of the molecule is O=C(N/N=C/c1cccc(OCc2ccccc2Cl)c1)c1ccc(Cl)cc1. The third-order valence-electron chi connectivity index (χ3n) is 3.70. The second kappa shape index (κ2) is 9.21. The molecule has 0 fully saturated rings. The molecule has 136 valence electrons. The van der Waals surface area contributed by atoms with Gasteiger partial charge in [0.05, 0.1) is 6.21 Å². The fourth-order valence-corrected chi connectivity index (χ4v) is 2.61. The van der Waals surface area contributed by atoms with E-state index in [9.17, 15) is 4.79 Å². The fraction of sp³-hybridized carbons (Fsp3) is 0.0476. The number of amides is 1. The molecule has 1 N–H and O–H groups in total. The lowest BCUT2D eigenvalue weighted by atomic mass is 10.2. The Morgan fingerprint density at radius 2 is 1.78 bits per heavy atom. The standard InChI is InChI=1S/C21H16Cl2N2O2/c22-18-10-8-16(9-11-18)21(26)25-24-13-15-4-3-6-19(12-15)27-14-17-5-1-2-7-20(17)23/h1-13H,14H2,(H,25,26)/b24-13+. The molecule has 3 aromatic carbocycles. The summed E-state index contributed by atoms with van der Waals surface area (Å²) in [6, 6.07) is 21.5. The van der Waals surface area contributed by atoms with Gasteiger partial charge in [-0.05, 0) is 48.0 Å². The number of nitrogens with one attached hydrogen (secondary N) is 1. The van der Waals surface area contributed by atoms with Crippen molar-refractivity contribution in [2.75, 3.05) is 0 Å². The van der Waals surface area contributed by atoms with Crippen LogP contribution in [0.5, 0.6) is 5.75 Å². The van der Waals surface area contributed by atoms with Crippen molar-refractivity contribution in [2.24, 2.45) is 5.10 Å². The van der Waals surface area contributed by atoms with Crippen molar-refractivity contribution in [1.29, 1.82) is 0 Å². The zero-order chi connectivity index (χ0) is 19.1. The van der Waals surface area contributed by atoms with Crippen LogP contribution in [0.2, 0.25) is 10.0 Å². The van der Waals surface area contributed by atoms with Crippen LogP contribution in [0.1, 0.15) is 21.5 Å². The summed E-state index contributed by atoms with van der Waals surface area (Å²) < 4.78 is 5.78. The first-order valence-corrected chi connectivity index (χ1v) is 8.92. The number of ether oxygens (including phenoxy) is 1. The molecule has 0 atom stereocenters. The molecule has 0 aliphatic heterocycles. The van der Waals surface area contributed by atoms with E-state index in [1.807, 2.05) is 48.5 Å². The van der Waals surface area contributed by atoms with Crippen molar-refractivity contribution in [3.63, 3.8) is 0 Å². The molecule has 0 unspecified atom stereocenters. The van der Waals surface area contributed by atoms with Crippen LogP contribution in [0, 0.1) is 0 Å². The molecular formula is C21H16Cl2N2O2. The summed E-state index contributed by atoms with van der Waals surface area (Å²) in [6.45, 7) is 0.369. The van der Waals surface area contributed by atoms with Gasteiger partial charge in [0.25, 0.3) is 5.91 Å². The number of nitrogens with zero attached hydrogens (tertiary/aromatic N) is 1. The van der Waals surface area contributed by atoms with Crippen molar-refractivity contribution in [3.05, 3.63) is 99.5 Å². The van der Waals surface area contributed by atoms with Crippen LogP contribution in [0.25, 0.3) is 0 Å². The van der Waals surface area contributed by atoms with Gasteiger partial charge >= 0.3 is 0 Å². The second-order valence-electron chi connectivity index (χ2n) is 5.66. The summed E-state index contributed by atoms with van der Waals surface area (Å²) in [7, 11) is 0. The highest BCUT2D eigenvalue weighted by molar-refractivity contribution is 6.31. The number of hydrogen-bond acceptors (Lipinski definition) is 3. The van der Waals surface area contributed by atoms with Gasteiger partial charge in [-0.25, -0.2) is 5.43 Å². The first-order chi connectivity index (χ1) is 13.1. The molecular weight excluding hydrogens is 383 g/mol. The van der Waals surface area contributed by atoms with Crippen molar-refractivity contribution >= 4 is 35.3 Å². The molecule has 1 amide bonds. The molecule has 0 aliphatic carbocycles. The number of hydrazone groups is 1. The third-order valence-corrected chi connectivity index (χ3v) is 4.32. The van der Waals surface area contributed by atoms with Crippen molar-refractivity contribution < 1.29 is 9.53 Å². The highest BCUT2D eigenvalue weighted by atomic mass is 35.5. The summed E-state index contributed by atoms with van der Waals surface area (Å²) in [5.41, 5.74) is 4.67. The molecule has 27 heavy (non-hydrogen) atoms. The van der Waals surface area contributed by atoms with Crippen LogP contribution in [0.4, 0.5) is 0 Å². The molecule has 0 spiro atoms. The zero-order valence-corrected chi connectivity index (χ0v) is 15.7. The molecule has 0 saturated heterocycles. The van der Waals surface area contributed by atoms with Crippen LogP contribution in [-0.2, 0) is 6.61 Å². The zero-order valence-electron chi connectivity index (χ0n) is 14.2. The highest BCUT2D eigenvalue weighted by Crippen LogP contribution is 2.19. The second-order valence-corrected chi connectivity index (χ2v) is 6.50. The maximum atomic E-state index is 12.0. The molecule has 3 rings (SSSR count). The molecule has 0 bridgehead atoms. The first-order valence-electron chi connectivity index (χ1n) is 8.17. The van der Waals surface area contributed by atoms with Gasteiger partial charge in [-0.3, -0.25) is 4.79 Å². The average molecular weight is 399 g/mol. The predicted octanol–water partition coefficient (Wildman–Crippen LogP) is 5.34. The van der Waals surface area contributed by atoms with E-state index in [1.165, 1.54) is 0 Å². The molecule has 0 aliphatic rings. The lowest BCUT2D eigenvalue weighted by molar-refractivity contribution is 0.0955. The monoisotopic (exact) mass is 398 g/mol. The van der Waals surface area contributed by atoms with Gasteiger partial charge in [0.1, 0.15) is 12.4 Å². The molecule has 0 aromatic heterocycles. The predicted molar refractivity (Wildman–Crippen MR) is 109 cm³/mol. The van der Waals surface area contributed by atoms with Crippen LogP contribution >= 0.6 is 23.2 Å². The topological polar surface area (TPSA) is 50.7 Å². The van der Waals surface area contributed by atoms with Crippen LogP contribution in [-0.4, -0.2) is 12.1 Å². The normalized spacial score (nSPS) is 10.7. The van der Waals surface area contributed by atoms with Gasteiger partial charge in [0.2, 0.25) is 0 Å². The van der Waals surface area contributed by atoms with E-state index >= 15 is 0 Å². The number of rotatable bonds is 6. The van der Waals surface area contributed by atoms with Gasteiger partial charge in [0, 0.05) is 21.2 Å². The number of halogens is 2. The van der Waals surface area contributed by atoms with Crippen LogP contribution in [0.3, 0.4) is 0 Å². The van der Waals surface area contributed by atoms with E-state index in [4.69, 9.17) is 27.9 Å². The maximum absolute atomic E-state index is 12.0. The van der Waals surface area contributed by atoms with Gasteiger partial charge in [-0.15, -0.1) is 0 Å². The Labute approximate surface area is 167 Å². The third kappa shape index (κ3) is 5.58. The highest BCUT2D eigenvalue weighted by Gasteiger charge is 2.04. The number of benzene rings is 3. The quantitative estimate of drug-likeness (QED) is 0.450. The smallest absolute Gasteiger partial charge is 0.271 e. The maximum Gasteiger partial charge on any atom is 0.271 e. The number of carbonyl (C=O) groups is 1. The minimum absolute atomic E-state index is 0.311. The Morgan fingerprint density at radius 1 is 1.00 bits per heavy atom. The molecule has 0 saturated carbocycles.